The number of anilines is 1. The molecule has 2 aromatic heterocycles. The summed E-state index contributed by atoms with van der Waals surface area (Å²) in [4.78, 5) is 30.7. The van der Waals surface area contributed by atoms with Gasteiger partial charge in [-0.1, -0.05) is 29.8 Å². The number of halogens is 1. The molecule has 0 aliphatic heterocycles. The van der Waals surface area contributed by atoms with Crippen molar-refractivity contribution in [3.63, 3.8) is 0 Å². The van der Waals surface area contributed by atoms with Gasteiger partial charge in [0.2, 0.25) is 5.56 Å². The summed E-state index contributed by atoms with van der Waals surface area (Å²) < 4.78 is 0. The third kappa shape index (κ3) is 2.64. The molecule has 2 N–H and O–H groups in total. The molecule has 0 radical (unpaired) electrons. The second-order valence-corrected chi connectivity index (χ2v) is 4.79. The highest BCUT2D eigenvalue weighted by Crippen LogP contribution is 2.20. The fourth-order valence-corrected chi connectivity index (χ4v) is 2.21. The number of rotatable bonds is 2. The lowest BCUT2D eigenvalue weighted by molar-refractivity contribution is 0.102. The van der Waals surface area contributed by atoms with E-state index >= 15 is 0 Å². The number of pyridine rings is 2. The molecule has 104 valence electrons. The summed E-state index contributed by atoms with van der Waals surface area (Å²) in [6.07, 6.45) is 1.53. The predicted molar refractivity (Wildman–Crippen MR) is 81.8 cm³/mol. The van der Waals surface area contributed by atoms with Crippen molar-refractivity contribution in [2.24, 2.45) is 0 Å². The molecule has 21 heavy (non-hydrogen) atoms. The molecule has 0 atom stereocenters. The van der Waals surface area contributed by atoms with E-state index in [0.29, 0.717) is 15.9 Å². The van der Waals surface area contributed by atoms with Crippen molar-refractivity contribution in [2.75, 3.05) is 5.32 Å². The summed E-state index contributed by atoms with van der Waals surface area (Å²) in [5.74, 6) is -0.175. The van der Waals surface area contributed by atoms with Crippen molar-refractivity contribution in [3.05, 3.63) is 69.6 Å². The van der Waals surface area contributed by atoms with Crippen LogP contribution in [-0.2, 0) is 0 Å². The molecule has 0 unspecified atom stereocenters. The zero-order valence-electron chi connectivity index (χ0n) is 10.8. The van der Waals surface area contributed by atoms with Crippen LogP contribution in [0.1, 0.15) is 10.4 Å². The number of para-hydroxylation sites is 1. The SMILES string of the molecule is O=C(Nc1ncccc1Cl)c1cc(=O)[nH]c2ccccc12. The lowest BCUT2D eigenvalue weighted by Crippen LogP contribution is -2.17. The Morgan fingerprint density at radius 1 is 1.19 bits per heavy atom. The second-order valence-electron chi connectivity index (χ2n) is 4.38. The Morgan fingerprint density at radius 2 is 2.00 bits per heavy atom. The molecule has 0 aliphatic carbocycles. The maximum absolute atomic E-state index is 12.4. The molecule has 0 fully saturated rings. The minimum Gasteiger partial charge on any atom is -0.322 e. The molecule has 5 nitrogen and oxygen atoms in total. The first kappa shape index (κ1) is 13.3. The summed E-state index contributed by atoms with van der Waals surface area (Å²) in [6, 6.07) is 11.6. The highest BCUT2D eigenvalue weighted by molar-refractivity contribution is 6.33. The van der Waals surface area contributed by atoms with E-state index in [1.165, 1.54) is 12.3 Å². The van der Waals surface area contributed by atoms with Crippen LogP contribution in [-0.4, -0.2) is 15.9 Å². The third-order valence-electron chi connectivity index (χ3n) is 2.99. The molecular formula is C15H10ClN3O2. The van der Waals surface area contributed by atoms with Crippen LogP contribution in [0.2, 0.25) is 5.02 Å². The van der Waals surface area contributed by atoms with Gasteiger partial charge in [0.05, 0.1) is 10.6 Å². The predicted octanol–water partition coefficient (Wildman–Crippen LogP) is 2.83. The average Bonchev–Trinajstić information content (AvgIpc) is 2.48. The Bertz CT molecular complexity index is 889. The summed E-state index contributed by atoms with van der Waals surface area (Å²) in [6.45, 7) is 0. The van der Waals surface area contributed by atoms with Crippen molar-refractivity contribution in [2.45, 2.75) is 0 Å². The van der Waals surface area contributed by atoms with E-state index < -0.39 is 5.91 Å². The van der Waals surface area contributed by atoms with E-state index in [9.17, 15) is 9.59 Å². The van der Waals surface area contributed by atoms with Crippen molar-refractivity contribution < 1.29 is 4.79 Å². The molecule has 0 spiro atoms. The number of aromatic nitrogens is 2. The van der Waals surface area contributed by atoms with Crippen LogP contribution < -0.4 is 10.9 Å². The first-order valence-electron chi connectivity index (χ1n) is 6.19. The van der Waals surface area contributed by atoms with E-state index in [4.69, 9.17) is 11.6 Å². The molecule has 0 bridgehead atoms. The highest BCUT2D eigenvalue weighted by Gasteiger charge is 2.13. The zero-order valence-corrected chi connectivity index (χ0v) is 11.5. The number of hydrogen-bond donors (Lipinski definition) is 2. The number of nitrogens with one attached hydrogen (secondary N) is 2. The summed E-state index contributed by atoms with van der Waals surface area (Å²) in [5.41, 5.74) is 0.532. The van der Waals surface area contributed by atoms with Gasteiger partial charge in [-0.05, 0) is 18.2 Å². The average molecular weight is 300 g/mol. The van der Waals surface area contributed by atoms with Crippen LogP contribution in [0.15, 0.2) is 53.5 Å². The quantitative estimate of drug-likeness (QED) is 0.764. The van der Waals surface area contributed by atoms with E-state index in [1.54, 1.807) is 36.4 Å². The van der Waals surface area contributed by atoms with Crippen LogP contribution in [0.5, 0.6) is 0 Å². The van der Waals surface area contributed by atoms with Gasteiger partial charge < -0.3 is 10.3 Å². The van der Waals surface area contributed by atoms with Gasteiger partial charge in [-0.25, -0.2) is 4.98 Å². The maximum Gasteiger partial charge on any atom is 0.257 e. The second kappa shape index (κ2) is 5.38. The standard InChI is InChI=1S/C15H10ClN3O2/c16-11-5-3-7-17-14(11)19-15(21)10-8-13(20)18-12-6-2-1-4-9(10)12/h1-8H,(H,18,20)(H,17,19,21). The number of fused-ring (bicyclic) bond motifs is 1. The number of H-pyrrole nitrogens is 1. The number of benzene rings is 1. The smallest absolute Gasteiger partial charge is 0.257 e. The Labute approximate surface area is 124 Å². The minimum absolute atomic E-state index is 0.258. The molecule has 0 saturated carbocycles. The summed E-state index contributed by atoms with van der Waals surface area (Å²) >= 11 is 5.96. The fourth-order valence-electron chi connectivity index (χ4n) is 2.05. The molecule has 0 saturated heterocycles. The van der Waals surface area contributed by atoms with Gasteiger partial charge in [0, 0.05) is 23.2 Å². The van der Waals surface area contributed by atoms with E-state index in [1.807, 2.05) is 0 Å². The summed E-state index contributed by atoms with van der Waals surface area (Å²) in [7, 11) is 0. The van der Waals surface area contributed by atoms with Gasteiger partial charge in [0.25, 0.3) is 5.91 Å². The van der Waals surface area contributed by atoms with Crippen molar-refractivity contribution in [3.8, 4) is 0 Å². The van der Waals surface area contributed by atoms with Crippen LogP contribution in [0.3, 0.4) is 0 Å². The van der Waals surface area contributed by atoms with Crippen molar-refractivity contribution in [1.29, 1.82) is 0 Å². The molecule has 1 aromatic carbocycles. The lowest BCUT2D eigenvalue weighted by atomic mass is 10.1. The Balaban J connectivity index is 2.06. The van der Waals surface area contributed by atoms with Gasteiger partial charge in [0.1, 0.15) is 0 Å². The molecule has 6 heteroatoms. The molecule has 1 amide bonds. The summed E-state index contributed by atoms with van der Waals surface area (Å²) in [5, 5.41) is 3.60. The monoisotopic (exact) mass is 299 g/mol. The number of amides is 1. The van der Waals surface area contributed by atoms with Gasteiger partial charge in [-0.3, -0.25) is 9.59 Å². The number of carbonyl (C=O) groups is 1. The van der Waals surface area contributed by atoms with E-state index in [-0.39, 0.29) is 16.9 Å². The molecule has 0 aliphatic rings. The van der Waals surface area contributed by atoms with Crippen molar-refractivity contribution in [1.82, 2.24) is 9.97 Å². The van der Waals surface area contributed by atoms with Crippen molar-refractivity contribution >= 4 is 34.2 Å². The van der Waals surface area contributed by atoms with Gasteiger partial charge in [-0.2, -0.15) is 0 Å². The molecule has 2 heterocycles. The molecule has 3 rings (SSSR count). The van der Waals surface area contributed by atoms with E-state index in [0.717, 1.165) is 0 Å². The maximum atomic E-state index is 12.4. The number of aromatic amines is 1. The topological polar surface area (TPSA) is 74.8 Å². The zero-order chi connectivity index (χ0) is 14.8. The molecule has 3 aromatic rings. The fraction of sp³-hybridized carbons (Fsp3) is 0. The number of nitrogens with zero attached hydrogens (tertiary/aromatic N) is 1. The van der Waals surface area contributed by atoms with Gasteiger partial charge >= 0.3 is 0 Å². The first-order chi connectivity index (χ1) is 10.1. The Kier molecular flexibility index (Phi) is 3.41. The van der Waals surface area contributed by atoms with E-state index in [2.05, 4.69) is 15.3 Å². The van der Waals surface area contributed by atoms with Crippen LogP contribution >= 0.6 is 11.6 Å². The first-order valence-corrected chi connectivity index (χ1v) is 6.57. The van der Waals surface area contributed by atoms with Crippen LogP contribution in [0, 0.1) is 0 Å². The Morgan fingerprint density at radius 3 is 2.81 bits per heavy atom. The normalized spacial score (nSPS) is 10.5. The highest BCUT2D eigenvalue weighted by atomic mass is 35.5. The molecular weight excluding hydrogens is 290 g/mol. The van der Waals surface area contributed by atoms with Crippen LogP contribution in [0.4, 0.5) is 5.82 Å². The Hall–Kier alpha value is -2.66. The minimum atomic E-state index is -0.432. The number of hydrogen-bond acceptors (Lipinski definition) is 3. The van der Waals surface area contributed by atoms with Gasteiger partial charge in [0.15, 0.2) is 5.82 Å². The third-order valence-corrected chi connectivity index (χ3v) is 3.29. The van der Waals surface area contributed by atoms with Gasteiger partial charge in [-0.15, -0.1) is 0 Å². The lowest BCUT2D eigenvalue weighted by Gasteiger charge is -2.08. The largest absolute Gasteiger partial charge is 0.322 e. The van der Waals surface area contributed by atoms with Crippen LogP contribution in [0.25, 0.3) is 10.9 Å². The number of carbonyl (C=O) groups excluding carboxylic acids is 1.